The van der Waals surface area contributed by atoms with Crippen molar-refractivity contribution < 1.29 is 34.8 Å². The van der Waals surface area contributed by atoms with Crippen molar-refractivity contribution in [2.45, 2.75) is 37.1 Å². The summed E-state index contributed by atoms with van der Waals surface area (Å²) in [6.07, 6.45) is 0.343. The third kappa shape index (κ3) is 3.87. The van der Waals surface area contributed by atoms with Gasteiger partial charge >= 0.3 is 0 Å². The molecule has 3 aliphatic rings. The van der Waals surface area contributed by atoms with Crippen LogP contribution in [0.4, 0.5) is 11.4 Å². The molecular weight excluding hydrogens is 520 g/mol. The lowest BCUT2D eigenvalue weighted by atomic mass is 9.54. The van der Waals surface area contributed by atoms with Crippen molar-refractivity contribution in [3.8, 4) is 5.75 Å². The van der Waals surface area contributed by atoms with Crippen molar-refractivity contribution in [1.82, 2.24) is 15.1 Å². The van der Waals surface area contributed by atoms with E-state index in [9.17, 15) is 34.8 Å². The lowest BCUT2D eigenvalue weighted by Gasteiger charge is -2.53. The Morgan fingerprint density at radius 3 is 2.52 bits per heavy atom. The number of Topliss-reactive ketones (excluding diaryl/α,β-unsaturated/α-hetero) is 2. The SMILES string of the molecule is CN(C)c1cc(NCc2ccn[nH]2)c(O)c2c1C[C@H]1C[C@H]3[C@H](N(C)C)C(O)C(C(N)=O)C(=O)[C@@]3(O)C(=O)C1=C2O. The molecule has 2 unspecified atom stereocenters. The van der Waals surface area contributed by atoms with Gasteiger partial charge in [0.05, 0.1) is 29.6 Å². The fourth-order valence-corrected chi connectivity index (χ4v) is 6.76. The van der Waals surface area contributed by atoms with Crippen LogP contribution in [0.2, 0.25) is 0 Å². The van der Waals surface area contributed by atoms with E-state index < -0.39 is 58.7 Å². The van der Waals surface area contributed by atoms with Crippen LogP contribution in [0.25, 0.3) is 5.76 Å². The topological polar surface area (TPSA) is 205 Å². The van der Waals surface area contributed by atoms with E-state index in [1.165, 1.54) is 0 Å². The van der Waals surface area contributed by atoms with Crippen molar-refractivity contribution in [3.05, 3.63) is 40.7 Å². The maximum atomic E-state index is 14.0. The third-order valence-electron chi connectivity index (χ3n) is 8.57. The van der Waals surface area contributed by atoms with Crippen LogP contribution in [0.3, 0.4) is 0 Å². The maximum Gasteiger partial charge on any atom is 0.230 e. The number of phenols is 1. The number of aliphatic hydroxyl groups is 3. The molecule has 3 aliphatic carbocycles. The Hall–Kier alpha value is -3.94. The van der Waals surface area contributed by atoms with E-state index in [1.54, 1.807) is 37.3 Å². The summed E-state index contributed by atoms with van der Waals surface area (Å²) in [5, 5.41) is 55.4. The Bertz CT molecular complexity index is 1420. The van der Waals surface area contributed by atoms with Gasteiger partial charge in [-0.25, -0.2) is 0 Å². The molecule has 40 heavy (non-hydrogen) atoms. The number of hydrogen-bond donors (Lipinski definition) is 7. The van der Waals surface area contributed by atoms with E-state index in [0.29, 0.717) is 16.9 Å². The molecule has 0 bridgehead atoms. The van der Waals surface area contributed by atoms with Gasteiger partial charge in [-0.15, -0.1) is 0 Å². The first-order chi connectivity index (χ1) is 18.8. The largest absolute Gasteiger partial charge is 0.507 e. The first-order valence-electron chi connectivity index (χ1n) is 13.0. The number of fused-ring (bicyclic) bond motifs is 3. The molecule has 1 amide bonds. The van der Waals surface area contributed by atoms with Crippen LogP contribution < -0.4 is 16.0 Å². The van der Waals surface area contributed by atoms with Crippen molar-refractivity contribution in [2.75, 3.05) is 38.4 Å². The van der Waals surface area contributed by atoms with Gasteiger partial charge in [-0.05, 0) is 50.6 Å². The number of rotatable bonds is 6. The molecule has 2 fully saturated rings. The van der Waals surface area contributed by atoms with Gasteiger partial charge in [0.25, 0.3) is 0 Å². The first kappa shape index (κ1) is 27.6. The van der Waals surface area contributed by atoms with Gasteiger partial charge in [-0.2, -0.15) is 5.10 Å². The zero-order valence-electron chi connectivity index (χ0n) is 22.7. The molecule has 0 radical (unpaired) electrons. The van der Waals surface area contributed by atoms with Gasteiger partial charge in [0.2, 0.25) is 11.7 Å². The Kier molecular flexibility index (Phi) is 6.63. The minimum atomic E-state index is -2.69. The van der Waals surface area contributed by atoms with Gasteiger partial charge < -0.3 is 41.3 Å². The highest BCUT2D eigenvalue weighted by Crippen LogP contribution is 2.54. The summed E-state index contributed by atoms with van der Waals surface area (Å²) in [4.78, 5) is 43.1. The number of nitrogens with one attached hydrogen (secondary N) is 2. The predicted octanol–water partition coefficient (Wildman–Crippen LogP) is -0.470. The molecule has 8 N–H and O–H groups in total. The minimum Gasteiger partial charge on any atom is -0.507 e. The quantitative estimate of drug-likeness (QED) is 0.179. The molecule has 13 nitrogen and oxygen atoms in total. The fourth-order valence-electron chi connectivity index (χ4n) is 6.76. The number of aliphatic hydroxyl groups excluding tert-OH is 2. The zero-order chi connectivity index (χ0) is 29.3. The highest BCUT2D eigenvalue weighted by Gasteiger charge is 2.67. The molecule has 0 saturated heterocycles. The summed E-state index contributed by atoms with van der Waals surface area (Å²) in [6.45, 7) is 0.288. The lowest BCUT2D eigenvalue weighted by molar-refractivity contribution is -0.184. The van der Waals surface area contributed by atoms with E-state index in [-0.39, 0.29) is 36.3 Å². The van der Waals surface area contributed by atoms with Crippen molar-refractivity contribution in [2.24, 2.45) is 23.5 Å². The molecule has 5 rings (SSSR count). The van der Waals surface area contributed by atoms with E-state index in [2.05, 4.69) is 15.5 Å². The number of anilines is 2. The monoisotopic (exact) mass is 554 g/mol. The number of nitrogens with two attached hydrogens (primary N) is 1. The molecule has 1 aromatic heterocycles. The summed E-state index contributed by atoms with van der Waals surface area (Å²) >= 11 is 0. The third-order valence-corrected chi connectivity index (χ3v) is 8.57. The van der Waals surface area contributed by atoms with Gasteiger partial charge in [0.15, 0.2) is 11.4 Å². The minimum absolute atomic E-state index is 0.0267. The summed E-state index contributed by atoms with van der Waals surface area (Å²) in [5.41, 5.74) is 4.90. The number of phenolic OH excluding ortho intramolecular Hbond substituents is 1. The average molecular weight is 555 g/mol. The van der Waals surface area contributed by atoms with Crippen molar-refractivity contribution in [1.29, 1.82) is 0 Å². The number of carbonyl (C=O) groups is 3. The number of ketones is 2. The Labute approximate surface area is 230 Å². The Morgan fingerprint density at radius 2 is 1.95 bits per heavy atom. The number of carbonyl (C=O) groups excluding carboxylic acids is 3. The van der Waals surface area contributed by atoms with E-state index in [0.717, 1.165) is 5.69 Å². The van der Waals surface area contributed by atoms with E-state index in [4.69, 9.17) is 5.73 Å². The first-order valence-corrected chi connectivity index (χ1v) is 13.0. The number of amides is 1. The molecule has 214 valence electrons. The van der Waals surface area contributed by atoms with Crippen molar-refractivity contribution in [3.63, 3.8) is 0 Å². The van der Waals surface area contributed by atoms with Crippen LogP contribution >= 0.6 is 0 Å². The molecule has 1 heterocycles. The number of likely N-dealkylation sites (N-methyl/N-ethyl adjacent to an activating group) is 1. The second kappa shape index (κ2) is 9.61. The smallest absolute Gasteiger partial charge is 0.230 e. The van der Waals surface area contributed by atoms with Crippen LogP contribution in [-0.2, 0) is 27.3 Å². The summed E-state index contributed by atoms with van der Waals surface area (Å²) in [6, 6.07) is 2.57. The maximum absolute atomic E-state index is 14.0. The second-order valence-corrected chi connectivity index (χ2v) is 11.3. The number of benzene rings is 1. The predicted molar refractivity (Wildman–Crippen MR) is 144 cm³/mol. The summed E-state index contributed by atoms with van der Waals surface area (Å²) < 4.78 is 0. The molecular formula is C27H34N6O7. The number of aromatic hydroxyl groups is 1. The average Bonchev–Trinajstić information content (AvgIpc) is 3.39. The summed E-state index contributed by atoms with van der Waals surface area (Å²) in [7, 11) is 6.86. The molecule has 6 atom stereocenters. The normalized spacial score (nSPS) is 29.6. The molecule has 0 aliphatic heterocycles. The van der Waals surface area contributed by atoms with Gasteiger partial charge in [0, 0.05) is 43.5 Å². The zero-order valence-corrected chi connectivity index (χ0v) is 22.7. The number of aromatic nitrogens is 2. The number of nitrogens with zero attached hydrogens (tertiary/aromatic N) is 3. The standard InChI is InChI=1S/C27H34N6O7/c1-32(2)16-9-15(29-10-12-5-6-30-31-12)21(34)18-13(16)7-11-8-14-20(33(3)4)23(36)19(26(28)39)25(38)27(14,40)24(37)17(11)22(18)35/h5-6,9,11,14,19-20,23,29,34-36,40H,7-8,10H2,1-4H3,(H2,28,39)(H,30,31)/t11-,14-,19?,20-,23?,27-/m0/s1. The highest BCUT2D eigenvalue weighted by molar-refractivity contribution is 6.25. The lowest BCUT2D eigenvalue weighted by Crippen LogP contribution is -2.73. The molecule has 0 spiro atoms. The van der Waals surface area contributed by atoms with Crippen molar-refractivity contribution >= 4 is 34.6 Å². The van der Waals surface area contributed by atoms with Crippen LogP contribution in [0, 0.1) is 17.8 Å². The number of aromatic amines is 1. The Balaban J connectivity index is 1.66. The highest BCUT2D eigenvalue weighted by atomic mass is 16.3. The molecule has 1 aromatic carbocycles. The van der Waals surface area contributed by atoms with E-state index >= 15 is 0 Å². The van der Waals surface area contributed by atoms with E-state index in [1.807, 2.05) is 19.0 Å². The van der Waals surface area contributed by atoms with Crippen LogP contribution in [0.5, 0.6) is 5.75 Å². The number of hydrogen-bond acceptors (Lipinski definition) is 11. The number of primary amides is 1. The molecule has 13 heteroatoms. The number of H-pyrrole nitrogens is 1. The fraction of sp³-hybridized carbons (Fsp3) is 0.481. The molecule has 2 aromatic rings. The van der Waals surface area contributed by atoms with Gasteiger partial charge in [0.1, 0.15) is 17.4 Å². The van der Waals surface area contributed by atoms with Crippen LogP contribution in [0.15, 0.2) is 23.9 Å². The summed E-state index contributed by atoms with van der Waals surface area (Å²) in [5.74, 6) is -7.71. The van der Waals surface area contributed by atoms with Crippen LogP contribution in [0.1, 0.15) is 23.2 Å². The second-order valence-electron chi connectivity index (χ2n) is 11.3. The Morgan fingerprint density at radius 1 is 1.25 bits per heavy atom. The van der Waals surface area contributed by atoms with Crippen LogP contribution in [-0.4, -0.2) is 98.9 Å². The molecule has 2 saturated carbocycles. The van der Waals surface area contributed by atoms with Gasteiger partial charge in [-0.1, -0.05) is 0 Å². The van der Waals surface area contributed by atoms with Gasteiger partial charge in [-0.3, -0.25) is 19.5 Å².